The van der Waals surface area contributed by atoms with Crippen LogP contribution in [-0.4, -0.2) is 34.7 Å². The molecule has 2 aliphatic rings. The van der Waals surface area contributed by atoms with Gasteiger partial charge in [0.05, 0.1) is 22.3 Å². The number of pyridine rings is 1. The highest BCUT2D eigenvalue weighted by Gasteiger charge is 2.34. The Kier molecular flexibility index (Phi) is 6.07. The van der Waals surface area contributed by atoms with Crippen molar-refractivity contribution in [2.45, 2.75) is 43.9 Å². The summed E-state index contributed by atoms with van der Waals surface area (Å²) in [4.78, 5) is 40.2. The maximum Gasteiger partial charge on any atom is 0.433 e. The number of benzene rings is 2. The summed E-state index contributed by atoms with van der Waals surface area (Å²) in [5.41, 5.74) is 0.113. The van der Waals surface area contributed by atoms with Gasteiger partial charge in [-0.05, 0) is 62.1 Å². The van der Waals surface area contributed by atoms with Crippen LogP contribution < -0.4 is 16.0 Å². The molecule has 7 nitrogen and oxygen atoms in total. The second-order valence-electron chi connectivity index (χ2n) is 8.89. The molecule has 11 heteroatoms. The van der Waals surface area contributed by atoms with Crippen LogP contribution in [0, 0.1) is 0 Å². The quantitative estimate of drug-likeness (QED) is 0.414. The highest BCUT2D eigenvalue weighted by atomic mass is 35.5. The molecule has 1 saturated carbocycles. The Balaban J connectivity index is 1.27. The summed E-state index contributed by atoms with van der Waals surface area (Å²) in [7, 11) is 0. The zero-order valence-electron chi connectivity index (χ0n) is 18.7. The average Bonchev–Trinajstić information content (AvgIpc) is 3.13. The minimum Gasteiger partial charge on any atom is -0.382 e. The lowest BCUT2D eigenvalue weighted by Crippen LogP contribution is -2.40. The summed E-state index contributed by atoms with van der Waals surface area (Å²) >= 11 is 6.07. The van der Waals surface area contributed by atoms with E-state index < -0.39 is 29.5 Å². The lowest BCUT2D eigenvalue weighted by Gasteiger charge is -2.31. The monoisotopic (exact) mass is 516 g/mol. The lowest BCUT2D eigenvalue weighted by atomic mass is 9.90. The molecule has 1 aromatic heterocycles. The second-order valence-corrected chi connectivity index (χ2v) is 9.33. The molecule has 0 radical (unpaired) electrons. The van der Waals surface area contributed by atoms with Gasteiger partial charge in [-0.25, -0.2) is 4.98 Å². The van der Waals surface area contributed by atoms with Gasteiger partial charge < -0.3 is 16.0 Å². The maximum absolute atomic E-state index is 13.4. The predicted molar refractivity (Wildman–Crippen MR) is 128 cm³/mol. The highest BCUT2D eigenvalue weighted by Crippen LogP contribution is 2.35. The highest BCUT2D eigenvalue weighted by molar-refractivity contribution is 6.52. The molecule has 1 aliphatic carbocycles. The summed E-state index contributed by atoms with van der Waals surface area (Å²) < 4.78 is 40.2. The summed E-state index contributed by atoms with van der Waals surface area (Å²) in [6.45, 7) is 0. The fourth-order valence-corrected chi connectivity index (χ4v) is 4.86. The Labute approximate surface area is 208 Å². The van der Waals surface area contributed by atoms with Gasteiger partial charge >= 0.3 is 6.18 Å². The van der Waals surface area contributed by atoms with E-state index in [1.54, 1.807) is 12.1 Å². The van der Waals surface area contributed by atoms with Crippen molar-refractivity contribution >= 4 is 51.5 Å². The molecule has 186 valence electrons. The number of amides is 2. The molecule has 1 fully saturated rings. The molecule has 2 heterocycles. The first-order valence-electron chi connectivity index (χ1n) is 11.3. The molecule has 5 rings (SSSR count). The molecule has 3 N–H and O–H groups in total. The van der Waals surface area contributed by atoms with Gasteiger partial charge in [0.25, 0.3) is 17.6 Å². The first-order valence-corrected chi connectivity index (χ1v) is 11.7. The summed E-state index contributed by atoms with van der Waals surface area (Å²) in [6.07, 6.45) is -2.18. The number of ketones is 1. The fraction of sp³-hybridized carbons (Fsp3) is 0.280. The van der Waals surface area contributed by atoms with E-state index in [0.717, 1.165) is 6.07 Å². The normalized spacial score (nSPS) is 19.7. The molecule has 3 aromatic rings. The minimum atomic E-state index is -4.59. The number of Topliss-reactive ketones (excluding diaryl/α,β-unsaturated/α-hetero) is 1. The van der Waals surface area contributed by atoms with Gasteiger partial charge in [-0.15, -0.1) is 0 Å². The van der Waals surface area contributed by atoms with Crippen LogP contribution in [0.15, 0.2) is 42.5 Å². The third-order valence-electron chi connectivity index (χ3n) is 6.48. The van der Waals surface area contributed by atoms with Crippen LogP contribution in [0.1, 0.15) is 52.1 Å². The van der Waals surface area contributed by atoms with E-state index in [0.29, 0.717) is 41.8 Å². The number of alkyl halides is 3. The first-order chi connectivity index (χ1) is 17.1. The minimum absolute atomic E-state index is 0.110. The Morgan fingerprint density at radius 2 is 1.75 bits per heavy atom. The van der Waals surface area contributed by atoms with Crippen molar-refractivity contribution < 1.29 is 27.6 Å². The van der Waals surface area contributed by atoms with Crippen molar-refractivity contribution in [2.24, 2.45) is 0 Å². The number of carbonyl (C=O) groups is 3. The Hall–Kier alpha value is -3.66. The molecule has 1 aliphatic heterocycles. The topological polar surface area (TPSA) is 100 Å². The zero-order chi connectivity index (χ0) is 25.6. The number of halogens is 4. The molecule has 0 atom stereocenters. The standard InChI is InChI=1S/C25H20ClF3N4O3/c26-12-4-9-18-17(10-12)19(11-20(32-18)25(27,28)29)30-13-5-7-14(8-6-13)31-23(35)16-3-1-2-15-21(16)33-24(36)22(15)34/h1-4,9-11,13-14H,5-8H2,(H,30,32)(H,31,35)(H,33,34,36)/t13-,14+. The number of hydrogen-bond donors (Lipinski definition) is 3. The van der Waals surface area contributed by atoms with Crippen molar-refractivity contribution in [1.29, 1.82) is 0 Å². The Morgan fingerprint density at radius 1 is 1.03 bits per heavy atom. The molecule has 2 amide bonds. The zero-order valence-corrected chi connectivity index (χ0v) is 19.5. The van der Waals surface area contributed by atoms with Gasteiger partial charge in [-0.3, -0.25) is 14.4 Å². The Bertz CT molecular complexity index is 1400. The maximum atomic E-state index is 13.4. The molecular formula is C25H20ClF3N4O3. The van der Waals surface area contributed by atoms with Crippen LogP contribution in [0.3, 0.4) is 0 Å². The number of anilines is 2. The first kappa shape index (κ1) is 24.1. The van der Waals surface area contributed by atoms with E-state index in [2.05, 4.69) is 20.9 Å². The van der Waals surface area contributed by atoms with Crippen molar-refractivity contribution in [1.82, 2.24) is 10.3 Å². The van der Waals surface area contributed by atoms with Crippen LogP contribution in [0.2, 0.25) is 5.02 Å². The number of rotatable bonds is 4. The van der Waals surface area contributed by atoms with Gasteiger partial charge in [-0.2, -0.15) is 13.2 Å². The fourth-order valence-electron chi connectivity index (χ4n) is 4.69. The molecule has 2 aromatic carbocycles. The van der Waals surface area contributed by atoms with E-state index in [4.69, 9.17) is 11.6 Å². The smallest absolute Gasteiger partial charge is 0.382 e. The summed E-state index contributed by atoms with van der Waals surface area (Å²) in [6, 6.07) is 9.85. The lowest BCUT2D eigenvalue weighted by molar-refractivity contribution is -0.140. The molecule has 36 heavy (non-hydrogen) atoms. The van der Waals surface area contributed by atoms with Crippen LogP contribution in [0.25, 0.3) is 10.9 Å². The third-order valence-corrected chi connectivity index (χ3v) is 6.72. The molecule has 0 spiro atoms. The van der Waals surface area contributed by atoms with Crippen LogP contribution in [0.4, 0.5) is 24.5 Å². The molecule has 0 unspecified atom stereocenters. The summed E-state index contributed by atoms with van der Waals surface area (Å²) in [5.74, 6) is -1.84. The third kappa shape index (κ3) is 4.60. The Morgan fingerprint density at radius 3 is 2.47 bits per heavy atom. The number of fused-ring (bicyclic) bond motifs is 2. The van der Waals surface area contributed by atoms with E-state index in [1.165, 1.54) is 24.3 Å². The number of hydrogen-bond acceptors (Lipinski definition) is 5. The van der Waals surface area contributed by atoms with Crippen LogP contribution >= 0.6 is 11.6 Å². The molecule has 0 saturated heterocycles. The number of carbonyl (C=O) groups excluding carboxylic acids is 3. The number of para-hydroxylation sites is 1. The van der Waals surface area contributed by atoms with Gasteiger partial charge in [0.15, 0.2) is 0 Å². The van der Waals surface area contributed by atoms with Crippen molar-refractivity contribution in [3.63, 3.8) is 0 Å². The van der Waals surface area contributed by atoms with E-state index in [1.807, 2.05) is 0 Å². The van der Waals surface area contributed by atoms with Gasteiger partial charge in [-0.1, -0.05) is 17.7 Å². The molecule has 0 bridgehead atoms. The van der Waals surface area contributed by atoms with E-state index in [9.17, 15) is 27.6 Å². The molecular weight excluding hydrogens is 497 g/mol. The van der Waals surface area contributed by atoms with Crippen LogP contribution in [-0.2, 0) is 11.0 Å². The van der Waals surface area contributed by atoms with E-state index in [-0.39, 0.29) is 34.4 Å². The number of nitrogens with zero attached hydrogens (tertiary/aromatic N) is 1. The summed E-state index contributed by atoms with van der Waals surface area (Å²) in [5, 5.41) is 9.50. The second kappa shape index (κ2) is 9.09. The van der Waals surface area contributed by atoms with Crippen LogP contribution in [0.5, 0.6) is 0 Å². The number of nitrogens with one attached hydrogen (secondary N) is 3. The van der Waals surface area contributed by atoms with Crippen molar-refractivity contribution in [3.8, 4) is 0 Å². The van der Waals surface area contributed by atoms with Gasteiger partial charge in [0, 0.05) is 28.2 Å². The SMILES string of the molecule is O=C1Nc2c(C(=O)N[C@H]3CC[C@@H](Nc4cc(C(F)(F)F)nc5ccc(Cl)cc45)CC3)cccc2C1=O. The predicted octanol–water partition coefficient (Wildman–Crippen LogP) is 5.19. The van der Waals surface area contributed by atoms with Crippen molar-refractivity contribution in [2.75, 3.05) is 10.6 Å². The van der Waals surface area contributed by atoms with Crippen molar-refractivity contribution in [3.05, 3.63) is 64.3 Å². The van der Waals surface area contributed by atoms with Gasteiger partial charge in [0.2, 0.25) is 0 Å². The number of aromatic nitrogens is 1. The average molecular weight is 517 g/mol. The van der Waals surface area contributed by atoms with Gasteiger partial charge in [0.1, 0.15) is 5.69 Å². The largest absolute Gasteiger partial charge is 0.433 e. The van der Waals surface area contributed by atoms with E-state index >= 15 is 0 Å².